The van der Waals surface area contributed by atoms with Crippen LogP contribution in [0.4, 0.5) is 22.7 Å². The monoisotopic (exact) mass is 818 g/mol. The summed E-state index contributed by atoms with van der Waals surface area (Å²) >= 11 is 0. The molecule has 0 aromatic heterocycles. The van der Waals surface area contributed by atoms with Crippen LogP contribution in [0.2, 0.25) is 0 Å². The topological polar surface area (TPSA) is 270 Å². The van der Waals surface area contributed by atoms with Gasteiger partial charge in [0.05, 0.1) is 41.8 Å². The number of benzene rings is 6. The predicted molar refractivity (Wildman–Crippen MR) is 212 cm³/mol. The summed E-state index contributed by atoms with van der Waals surface area (Å²) in [4.78, 5) is 64.2. The fraction of sp³-hybridized carbons (Fsp3) is 0. The van der Waals surface area contributed by atoms with Crippen LogP contribution in [0.5, 0.6) is 0 Å². The second kappa shape index (κ2) is 15.8. The highest BCUT2D eigenvalue weighted by molar-refractivity contribution is 7.91. The van der Waals surface area contributed by atoms with Crippen LogP contribution in [0.25, 0.3) is 0 Å². The van der Waals surface area contributed by atoms with E-state index in [1.807, 2.05) is 0 Å². The number of ketones is 1. The summed E-state index contributed by atoms with van der Waals surface area (Å²) in [6, 6.07) is 27.9. The molecule has 0 atom stereocenters. The Bertz CT molecular complexity index is 2660. The molecule has 17 heteroatoms. The summed E-state index contributed by atoms with van der Waals surface area (Å²) in [6.07, 6.45) is 0. The van der Waals surface area contributed by atoms with Crippen molar-refractivity contribution in [2.75, 3.05) is 22.1 Å². The molecule has 0 saturated carbocycles. The van der Waals surface area contributed by atoms with Gasteiger partial charge in [-0.2, -0.15) is 0 Å². The van der Waals surface area contributed by atoms with Crippen molar-refractivity contribution in [1.82, 2.24) is 0 Å². The van der Waals surface area contributed by atoms with Crippen LogP contribution in [0.1, 0.15) is 57.4 Å². The number of aromatic carboxylic acids is 2. The van der Waals surface area contributed by atoms with E-state index < -0.39 is 60.3 Å². The van der Waals surface area contributed by atoms with Gasteiger partial charge in [0.15, 0.2) is 5.78 Å². The minimum Gasteiger partial charge on any atom is -0.478 e. The molecule has 15 nitrogen and oxygen atoms in total. The Labute approximate surface area is 330 Å². The second-order valence-electron chi connectivity index (χ2n) is 12.6. The normalized spacial score (nSPS) is 11.3. The van der Waals surface area contributed by atoms with E-state index in [-0.39, 0.29) is 53.2 Å². The van der Waals surface area contributed by atoms with Crippen molar-refractivity contribution in [1.29, 1.82) is 0 Å². The summed E-state index contributed by atoms with van der Waals surface area (Å²) < 4.78 is 51.9. The van der Waals surface area contributed by atoms with E-state index in [1.165, 1.54) is 109 Å². The molecule has 0 aliphatic rings. The van der Waals surface area contributed by atoms with Crippen LogP contribution in [0, 0.1) is 0 Å². The maximum absolute atomic E-state index is 13.5. The molecule has 8 N–H and O–H groups in total. The molecule has 6 rings (SSSR count). The van der Waals surface area contributed by atoms with Gasteiger partial charge in [-0.3, -0.25) is 14.4 Å². The first-order valence-corrected chi connectivity index (χ1v) is 19.8. The van der Waals surface area contributed by atoms with E-state index >= 15 is 0 Å². The fourth-order valence-electron chi connectivity index (χ4n) is 5.69. The summed E-state index contributed by atoms with van der Waals surface area (Å²) in [5, 5.41) is 24.9. The third-order valence-electron chi connectivity index (χ3n) is 8.74. The van der Waals surface area contributed by atoms with E-state index in [0.717, 1.165) is 24.3 Å². The Balaban J connectivity index is 1.18. The Morgan fingerprint density at radius 2 is 0.707 bits per heavy atom. The number of carboxylic acid groups (broad SMARTS) is 2. The number of nitrogens with two attached hydrogens (primary N) is 2. The molecule has 2 amide bonds. The van der Waals surface area contributed by atoms with Gasteiger partial charge in [-0.05, 0) is 121 Å². The fourth-order valence-corrected chi connectivity index (χ4v) is 8.21. The highest BCUT2D eigenvalue weighted by atomic mass is 32.2. The number of hydrogen-bond acceptors (Lipinski definition) is 11. The van der Waals surface area contributed by atoms with Crippen LogP contribution >= 0.6 is 0 Å². The van der Waals surface area contributed by atoms with Gasteiger partial charge in [-0.1, -0.05) is 12.1 Å². The molecule has 0 saturated heterocycles. The average molecular weight is 819 g/mol. The molecule has 0 fully saturated rings. The Kier molecular flexibility index (Phi) is 10.9. The van der Waals surface area contributed by atoms with Crippen LogP contribution in [-0.2, 0) is 19.7 Å². The van der Waals surface area contributed by atoms with Crippen molar-refractivity contribution in [3.63, 3.8) is 0 Å². The number of rotatable bonds is 12. The zero-order valence-electron chi connectivity index (χ0n) is 29.7. The van der Waals surface area contributed by atoms with Gasteiger partial charge in [0.25, 0.3) is 11.8 Å². The number of amides is 2. The summed E-state index contributed by atoms with van der Waals surface area (Å²) in [7, 11) is -7.80. The number of carboxylic acids is 2. The summed E-state index contributed by atoms with van der Waals surface area (Å²) in [6.45, 7) is 0. The first kappa shape index (κ1) is 40.0. The molecule has 0 bridgehead atoms. The van der Waals surface area contributed by atoms with Gasteiger partial charge in [0.2, 0.25) is 19.7 Å². The molecule has 6 aromatic carbocycles. The van der Waals surface area contributed by atoms with E-state index in [0.29, 0.717) is 11.4 Å². The molecular weight excluding hydrogens is 789 g/mol. The molecule has 0 radical (unpaired) electrons. The van der Waals surface area contributed by atoms with E-state index in [4.69, 9.17) is 11.5 Å². The largest absolute Gasteiger partial charge is 0.478 e. The van der Waals surface area contributed by atoms with Gasteiger partial charge in [0, 0.05) is 33.9 Å². The maximum atomic E-state index is 13.5. The summed E-state index contributed by atoms with van der Waals surface area (Å²) in [5.74, 6) is -5.70. The molecule has 6 aromatic rings. The Hall–Kier alpha value is -7.63. The lowest BCUT2D eigenvalue weighted by Crippen LogP contribution is -2.18. The number of nitrogens with one attached hydrogen (secondary N) is 2. The zero-order chi connectivity index (χ0) is 41.9. The van der Waals surface area contributed by atoms with Crippen LogP contribution < -0.4 is 22.1 Å². The zero-order valence-corrected chi connectivity index (χ0v) is 31.4. The number of nitrogen functional groups attached to an aromatic ring is 2. The second-order valence-corrected chi connectivity index (χ2v) is 16.5. The van der Waals surface area contributed by atoms with Crippen LogP contribution in [-0.4, -0.2) is 56.6 Å². The lowest BCUT2D eigenvalue weighted by molar-refractivity contribution is 0.0683. The first-order chi connectivity index (χ1) is 27.4. The Morgan fingerprint density at radius 3 is 1.00 bits per heavy atom. The van der Waals surface area contributed by atoms with Crippen molar-refractivity contribution in [3.05, 3.63) is 167 Å². The number of anilines is 4. The molecule has 292 valence electrons. The van der Waals surface area contributed by atoms with Crippen LogP contribution in [0.15, 0.2) is 153 Å². The third kappa shape index (κ3) is 8.30. The standard InChI is InChI=1S/C41H30N4O11S2/c42-25-3-11-29(12-4-25)57(53,54)31-15-7-27(8-16-31)44-38(47)33-19-1-23(21-35(33)40(49)50)37(46)24-2-20-34(36(22-24)41(51)52)39(48)45-28-9-17-32(18-10-28)58(55,56)30-13-5-26(43)6-14-30/h1-22H,42-43H2,(H,44,47)(H,45,48)(H,49,50)(H,51,52). The lowest BCUT2D eigenvalue weighted by Gasteiger charge is -2.12. The predicted octanol–water partition coefficient (Wildman–Crippen LogP) is 5.65. The minimum absolute atomic E-state index is 0.00603. The first-order valence-electron chi connectivity index (χ1n) is 16.8. The van der Waals surface area contributed by atoms with Crippen LogP contribution in [0.3, 0.4) is 0 Å². The van der Waals surface area contributed by atoms with Gasteiger partial charge in [0.1, 0.15) is 0 Å². The summed E-state index contributed by atoms with van der Waals surface area (Å²) in [5.41, 5.74) is 10.1. The van der Waals surface area contributed by atoms with Crippen molar-refractivity contribution < 1.29 is 51.0 Å². The van der Waals surface area contributed by atoms with Gasteiger partial charge >= 0.3 is 11.9 Å². The smallest absolute Gasteiger partial charge is 0.336 e. The van der Waals surface area contributed by atoms with E-state index in [2.05, 4.69) is 10.6 Å². The van der Waals surface area contributed by atoms with E-state index in [1.54, 1.807) is 0 Å². The molecule has 0 unspecified atom stereocenters. The van der Waals surface area contributed by atoms with Gasteiger partial charge < -0.3 is 32.3 Å². The SMILES string of the molecule is Nc1ccc(S(=O)(=O)c2ccc(NC(=O)c3ccc(C(=O)c4ccc(C(=O)Nc5ccc(S(=O)(=O)c6ccc(N)cc6)cc5)c(C(=O)O)c4)cc3C(=O)O)cc2)cc1. The van der Waals surface area contributed by atoms with Crippen molar-refractivity contribution >= 4 is 72.0 Å². The number of carbonyl (C=O) groups is 5. The lowest BCUT2D eigenvalue weighted by atomic mass is 9.95. The van der Waals surface area contributed by atoms with Crippen molar-refractivity contribution in [2.45, 2.75) is 19.6 Å². The van der Waals surface area contributed by atoms with Gasteiger partial charge in [-0.25, -0.2) is 26.4 Å². The quantitative estimate of drug-likeness (QED) is 0.0645. The van der Waals surface area contributed by atoms with E-state index in [9.17, 15) is 51.0 Å². The number of hydrogen-bond donors (Lipinski definition) is 6. The highest BCUT2D eigenvalue weighted by Crippen LogP contribution is 2.26. The molecule has 58 heavy (non-hydrogen) atoms. The molecule has 0 spiro atoms. The highest BCUT2D eigenvalue weighted by Gasteiger charge is 2.24. The third-order valence-corrected chi connectivity index (χ3v) is 12.3. The number of sulfone groups is 2. The molecule has 0 heterocycles. The average Bonchev–Trinajstić information content (AvgIpc) is 3.20. The maximum Gasteiger partial charge on any atom is 0.336 e. The minimum atomic E-state index is -3.90. The Morgan fingerprint density at radius 1 is 0.414 bits per heavy atom. The van der Waals surface area contributed by atoms with Gasteiger partial charge in [-0.15, -0.1) is 0 Å². The molecule has 0 aliphatic carbocycles. The molecule has 0 aliphatic heterocycles. The number of carbonyl (C=O) groups excluding carboxylic acids is 3. The van der Waals surface area contributed by atoms with Crippen molar-refractivity contribution in [3.8, 4) is 0 Å². The van der Waals surface area contributed by atoms with Crippen molar-refractivity contribution in [2.24, 2.45) is 0 Å². The molecular formula is C41H30N4O11S2.